The van der Waals surface area contributed by atoms with E-state index < -0.39 is 0 Å². The Labute approximate surface area is 57.1 Å². The van der Waals surface area contributed by atoms with Gasteiger partial charge in [-0.2, -0.15) is 0 Å². The van der Waals surface area contributed by atoms with Gasteiger partial charge in [-0.3, -0.25) is 0 Å². The molecule has 0 saturated heterocycles. The van der Waals surface area contributed by atoms with Gasteiger partial charge in [-0.15, -0.1) is 0 Å². The fraction of sp³-hybridized carbons (Fsp3) is 0.714. The normalized spacial score (nSPS) is 15.7. The lowest BCUT2D eigenvalue weighted by molar-refractivity contribution is 0.618. The van der Waals surface area contributed by atoms with Crippen LogP contribution < -0.4 is 11.1 Å². The first-order valence-electron chi connectivity index (χ1n) is 3.26. The Morgan fingerprint density at radius 1 is 1.78 bits per heavy atom. The Hall–Kier alpha value is -0.500. The number of allylic oxidation sites excluding steroid dienone is 1. The second kappa shape index (κ2) is 4.39. The molecule has 1 unspecified atom stereocenters. The minimum absolute atomic E-state index is 0.531. The van der Waals surface area contributed by atoms with E-state index in [1.807, 2.05) is 20.0 Å². The topological polar surface area (TPSA) is 38.0 Å². The maximum absolute atomic E-state index is 5.43. The lowest BCUT2D eigenvalue weighted by Crippen LogP contribution is -2.20. The molecule has 0 aromatic heterocycles. The first-order chi connectivity index (χ1) is 4.16. The molecule has 54 valence electrons. The summed E-state index contributed by atoms with van der Waals surface area (Å²) in [6, 6.07) is 0.531. The van der Waals surface area contributed by atoms with Crippen LogP contribution in [-0.2, 0) is 0 Å². The van der Waals surface area contributed by atoms with Crippen molar-refractivity contribution in [1.82, 2.24) is 5.32 Å². The van der Waals surface area contributed by atoms with Crippen molar-refractivity contribution in [3.63, 3.8) is 0 Å². The molecule has 0 amide bonds. The zero-order valence-corrected chi connectivity index (χ0v) is 6.44. The van der Waals surface area contributed by atoms with Gasteiger partial charge in [-0.1, -0.05) is 6.08 Å². The highest BCUT2D eigenvalue weighted by Gasteiger charge is 1.91. The van der Waals surface area contributed by atoms with Crippen LogP contribution in [0.15, 0.2) is 11.8 Å². The average Bonchev–Trinajstić information content (AvgIpc) is 1.83. The second-order valence-electron chi connectivity index (χ2n) is 2.37. The molecule has 0 saturated carbocycles. The molecule has 0 aromatic carbocycles. The van der Waals surface area contributed by atoms with Crippen LogP contribution in [0.4, 0.5) is 0 Å². The molecule has 2 heteroatoms. The fourth-order valence-corrected chi connectivity index (χ4v) is 0.481. The standard InChI is InChI=1S/C7H16N2/c1-6(8)4-5-7(2)9-3/h4,7,9H,5,8H2,1-3H3/b6-4+. The van der Waals surface area contributed by atoms with E-state index in [4.69, 9.17) is 5.73 Å². The van der Waals surface area contributed by atoms with E-state index in [9.17, 15) is 0 Å². The van der Waals surface area contributed by atoms with Crippen LogP contribution in [0.25, 0.3) is 0 Å². The number of rotatable bonds is 3. The van der Waals surface area contributed by atoms with Gasteiger partial charge >= 0.3 is 0 Å². The van der Waals surface area contributed by atoms with Gasteiger partial charge in [0.05, 0.1) is 0 Å². The highest BCUT2D eigenvalue weighted by atomic mass is 14.8. The van der Waals surface area contributed by atoms with Crippen LogP contribution in [0.5, 0.6) is 0 Å². The molecular formula is C7H16N2. The van der Waals surface area contributed by atoms with Gasteiger partial charge in [-0.05, 0) is 27.3 Å². The molecule has 0 radical (unpaired) electrons. The highest BCUT2D eigenvalue weighted by Crippen LogP contribution is 1.92. The minimum atomic E-state index is 0.531. The van der Waals surface area contributed by atoms with E-state index in [0.717, 1.165) is 12.1 Å². The van der Waals surface area contributed by atoms with Crippen LogP contribution in [0.1, 0.15) is 20.3 Å². The number of hydrogen-bond donors (Lipinski definition) is 2. The summed E-state index contributed by atoms with van der Waals surface area (Å²) < 4.78 is 0. The van der Waals surface area contributed by atoms with Crippen LogP contribution in [0.2, 0.25) is 0 Å². The van der Waals surface area contributed by atoms with Gasteiger partial charge in [0, 0.05) is 11.7 Å². The van der Waals surface area contributed by atoms with Crippen molar-refractivity contribution < 1.29 is 0 Å². The summed E-state index contributed by atoms with van der Waals surface area (Å²) in [6.07, 6.45) is 3.04. The summed E-state index contributed by atoms with van der Waals surface area (Å²) in [4.78, 5) is 0. The van der Waals surface area contributed by atoms with Crippen LogP contribution in [0.3, 0.4) is 0 Å². The Bertz CT molecular complexity index is 93.1. The molecule has 1 atom stereocenters. The van der Waals surface area contributed by atoms with E-state index in [-0.39, 0.29) is 0 Å². The van der Waals surface area contributed by atoms with Crippen molar-refractivity contribution >= 4 is 0 Å². The van der Waals surface area contributed by atoms with Crippen LogP contribution >= 0.6 is 0 Å². The van der Waals surface area contributed by atoms with Crippen molar-refractivity contribution in [1.29, 1.82) is 0 Å². The van der Waals surface area contributed by atoms with Gasteiger partial charge in [0.25, 0.3) is 0 Å². The van der Waals surface area contributed by atoms with Crippen molar-refractivity contribution in [3.8, 4) is 0 Å². The van der Waals surface area contributed by atoms with E-state index in [1.165, 1.54) is 0 Å². The summed E-state index contributed by atoms with van der Waals surface area (Å²) in [5.41, 5.74) is 6.33. The lowest BCUT2D eigenvalue weighted by Gasteiger charge is -2.05. The SMILES string of the molecule is CNC(C)C/C=C(\C)N. The molecule has 9 heavy (non-hydrogen) atoms. The van der Waals surface area contributed by atoms with Gasteiger partial charge in [0.2, 0.25) is 0 Å². The summed E-state index contributed by atoms with van der Waals surface area (Å²) in [5, 5.41) is 3.12. The summed E-state index contributed by atoms with van der Waals surface area (Å²) in [5.74, 6) is 0. The molecule has 0 rings (SSSR count). The molecule has 0 aliphatic carbocycles. The predicted molar refractivity (Wildman–Crippen MR) is 41.1 cm³/mol. The third-order valence-corrected chi connectivity index (χ3v) is 1.29. The Balaban J connectivity index is 3.37. The average molecular weight is 128 g/mol. The second-order valence-corrected chi connectivity index (χ2v) is 2.37. The van der Waals surface area contributed by atoms with Gasteiger partial charge in [-0.25, -0.2) is 0 Å². The summed E-state index contributed by atoms with van der Waals surface area (Å²) >= 11 is 0. The van der Waals surface area contributed by atoms with Gasteiger partial charge in [0.15, 0.2) is 0 Å². The van der Waals surface area contributed by atoms with Crippen molar-refractivity contribution in [3.05, 3.63) is 11.8 Å². The molecule has 0 heterocycles. The maximum atomic E-state index is 5.43. The van der Waals surface area contributed by atoms with Gasteiger partial charge in [0.1, 0.15) is 0 Å². The third kappa shape index (κ3) is 5.37. The molecule has 3 N–H and O–H groups in total. The molecule has 0 fully saturated rings. The Morgan fingerprint density at radius 2 is 2.33 bits per heavy atom. The Kier molecular flexibility index (Phi) is 4.14. The monoisotopic (exact) mass is 128 g/mol. The van der Waals surface area contributed by atoms with E-state index >= 15 is 0 Å². The summed E-state index contributed by atoms with van der Waals surface area (Å²) in [6.45, 7) is 4.03. The molecule has 0 aromatic rings. The highest BCUT2D eigenvalue weighted by molar-refractivity contribution is 4.92. The molecule has 0 bridgehead atoms. The largest absolute Gasteiger partial charge is 0.403 e. The smallest absolute Gasteiger partial charge is 0.00709 e. The van der Waals surface area contributed by atoms with Crippen molar-refractivity contribution in [2.24, 2.45) is 5.73 Å². The Morgan fingerprint density at radius 3 is 2.67 bits per heavy atom. The van der Waals surface area contributed by atoms with Crippen LogP contribution in [-0.4, -0.2) is 13.1 Å². The van der Waals surface area contributed by atoms with Crippen molar-refractivity contribution in [2.45, 2.75) is 26.3 Å². The molecule has 2 nitrogen and oxygen atoms in total. The van der Waals surface area contributed by atoms with Crippen LogP contribution in [0, 0.1) is 0 Å². The lowest BCUT2D eigenvalue weighted by atomic mass is 10.2. The fourth-order valence-electron chi connectivity index (χ4n) is 0.481. The molecule has 0 spiro atoms. The number of nitrogens with one attached hydrogen (secondary N) is 1. The van der Waals surface area contributed by atoms with E-state index in [1.54, 1.807) is 0 Å². The molecule has 0 aliphatic heterocycles. The molecular weight excluding hydrogens is 112 g/mol. The van der Waals surface area contributed by atoms with Gasteiger partial charge < -0.3 is 11.1 Å². The predicted octanol–water partition coefficient (Wildman–Crippen LogP) is 0.847. The number of nitrogens with two attached hydrogens (primary N) is 1. The first-order valence-corrected chi connectivity index (χ1v) is 3.26. The summed E-state index contributed by atoms with van der Waals surface area (Å²) in [7, 11) is 1.95. The van der Waals surface area contributed by atoms with E-state index in [0.29, 0.717) is 6.04 Å². The minimum Gasteiger partial charge on any atom is -0.403 e. The van der Waals surface area contributed by atoms with E-state index in [2.05, 4.69) is 12.2 Å². The zero-order valence-electron chi connectivity index (χ0n) is 6.44. The zero-order chi connectivity index (χ0) is 7.28. The quantitative estimate of drug-likeness (QED) is 0.591. The number of hydrogen-bond acceptors (Lipinski definition) is 2. The third-order valence-electron chi connectivity index (χ3n) is 1.29. The van der Waals surface area contributed by atoms with Crippen molar-refractivity contribution in [2.75, 3.05) is 7.05 Å². The first kappa shape index (κ1) is 8.50. The molecule has 0 aliphatic rings. The maximum Gasteiger partial charge on any atom is 0.00709 e.